The van der Waals surface area contributed by atoms with Crippen LogP contribution in [0.5, 0.6) is 0 Å². The Morgan fingerprint density at radius 2 is 1.96 bits per heavy atom. The fourth-order valence-electron chi connectivity index (χ4n) is 3.31. The first-order valence-electron chi connectivity index (χ1n) is 8.36. The number of amides is 2. The van der Waals surface area contributed by atoms with Gasteiger partial charge in [0.25, 0.3) is 11.8 Å². The quantitative estimate of drug-likeness (QED) is 0.612. The molecule has 1 aliphatic carbocycles. The Hall–Kier alpha value is -3.15. The summed E-state index contributed by atoms with van der Waals surface area (Å²) in [5.74, 6) is -1.23. The van der Waals surface area contributed by atoms with Crippen LogP contribution in [0.4, 0.5) is 4.79 Å². The van der Waals surface area contributed by atoms with Gasteiger partial charge < -0.3 is 4.74 Å². The molecule has 0 aromatic heterocycles. The van der Waals surface area contributed by atoms with E-state index >= 15 is 0 Å². The Kier molecular flexibility index (Phi) is 5.02. The largest absolute Gasteiger partial charge is 0.533 e. The van der Waals surface area contributed by atoms with Crippen LogP contribution in [-0.2, 0) is 19.2 Å². The number of ether oxygens (including phenoxy) is 1. The number of hydrogen-bond acceptors (Lipinski definition) is 5. The van der Waals surface area contributed by atoms with Crippen molar-refractivity contribution in [2.24, 2.45) is 0 Å². The number of rotatable bonds is 4. The van der Waals surface area contributed by atoms with Crippen LogP contribution in [0.2, 0.25) is 0 Å². The number of carbonyl (C=O) groups is 3. The molecule has 1 unspecified atom stereocenters. The molecule has 1 heterocycles. The summed E-state index contributed by atoms with van der Waals surface area (Å²) in [5, 5.41) is 0.477. The van der Waals surface area contributed by atoms with Crippen LogP contribution < -0.4 is 0 Å². The minimum Gasteiger partial charge on any atom is -0.432 e. The van der Waals surface area contributed by atoms with Crippen molar-refractivity contribution in [2.75, 3.05) is 6.61 Å². The van der Waals surface area contributed by atoms with Gasteiger partial charge in [-0.05, 0) is 29.2 Å². The fraction of sp³-hybridized carbons (Fsp3) is 0.250. The van der Waals surface area contributed by atoms with E-state index in [-0.39, 0.29) is 25.4 Å². The Labute approximate surface area is 151 Å². The molecule has 0 radical (unpaired) electrons. The zero-order valence-electron chi connectivity index (χ0n) is 14.4. The molecule has 0 N–H and O–H groups in total. The van der Waals surface area contributed by atoms with Crippen molar-refractivity contribution in [1.29, 1.82) is 0 Å². The number of imide groups is 1. The minimum absolute atomic E-state index is 0.0419. The van der Waals surface area contributed by atoms with Crippen molar-refractivity contribution < 1.29 is 24.0 Å². The van der Waals surface area contributed by atoms with Gasteiger partial charge in [-0.3, -0.25) is 14.4 Å². The lowest BCUT2D eigenvalue weighted by Crippen LogP contribution is -2.32. The van der Waals surface area contributed by atoms with Gasteiger partial charge in [0.2, 0.25) is 0 Å². The SMILES string of the molecule is C=CC=C1/C(=C\C)C(COC(=O)ON2C(=O)CCC2=O)c2ccccc21. The summed E-state index contributed by atoms with van der Waals surface area (Å²) >= 11 is 0. The third-order valence-electron chi connectivity index (χ3n) is 4.45. The third kappa shape index (κ3) is 3.18. The molecule has 0 saturated carbocycles. The van der Waals surface area contributed by atoms with Crippen molar-refractivity contribution in [3.8, 4) is 0 Å². The number of carbonyl (C=O) groups excluding carboxylic acids is 3. The van der Waals surface area contributed by atoms with E-state index in [0.717, 1.165) is 22.3 Å². The lowest BCUT2D eigenvalue weighted by Gasteiger charge is -2.16. The summed E-state index contributed by atoms with van der Waals surface area (Å²) in [4.78, 5) is 39.7. The second-order valence-electron chi connectivity index (χ2n) is 5.93. The first kappa shape index (κ1) is 17.7. The first-order valence-corrected chi connectivity index (χ1v) is 8.36. The van der Waals surface area contributed by atoms with E-state index in [1.165, 1.54) is 0 Å². The van der Waals surface area contributed by atoms with Crippen molar-refractivity contribution in [2.45, 2.75) is 25.7 Å². The molecule has 1 atom stereocenters. The number of fused-ring (bicyclic) bond motifs is 1. The summed E-state index contributed by atoms with van der Waals surface area (Å²) < 4.78 is 5.20. The predicted octanol–water partition coefficient (Wildman–Crippen LogP) is 3.52. The summed E-state index contributed by atoms with van der Waals surface area (Å²) in [6.45, 7) is 5.72. The van der Waals surface area contributed by atoms with E-state index in [1.54, 1.807) is 6.08 Å². The maximum Gasteiger partial charge on any atom is 0.533 e. The van der Waals surface area contributed by atoms with Gasteiger partial charge in [-0.2, -0.15) is 0 Å². The van der Waals surface area contributed by atoms with Crippen LogP contribution in [0.3, 0.4) is 0 Å². The number of benzene rings is 1. The molecule has 2 amide bonds. The van der Waals surface area contributed by atoms with E-state index in [4.69, 9.17) is 9.57 Å². The second kappa shape index (κ2) is 7.39. The molecule has 0 spiro atoms. The number of allylic oxidation sites excluding steroid dienone is 4. The topological polar surface area (TPSA) is 72.9 Å². The highest BCUT2D eigenvalue weighted by atomic mass is 16.8. The number of nitrogens with zero attached hydrogens (tertiary/aromatic N) is 1. The molecule has 1 fully saturated rings. The zero-order chi connectivity index (χ0) is 18.7. The van der Waals surface area contributed by atoms with Gasteiger partial charge in [-0.25, -0.2) is 4.79 Å². The predicted molar refractivity (Wildman–Crippen MR) is 94.6 cm³/mol. The Balaban J connectivity index is 1.74. The van der Waals surface area contributed by atoms with Gasteiger partial charge in [0, 0.05) is 18.8 Å². The highest BCUT2D eigenvalue weighted by Gasteiger charge is 2.35. The molecule has 2 aliphatic rings. The molecule has 0 bridgehead atoms. The van der Waals surface area contributed by atoms with Crippen LogP contribution in [0.25, 0.3) is 5.57 Å². The van der Waals surface area contributed by atoms with Gasteiger partial charge in [-0.1, -0.05) is 54.1 Å². The highest BCUT2D eigenvalue weighted by Crippen LogP contribution is 2.45. The molecule has 6 nitrogen and oxygen atoms in total. The molecule has 3 rings (SSSR count). The minimum atomic E-state index is -1.07. The van der Waals surface area contributed by atoms with Crippen molar-refractivity contribution in [3.63, 3.8) is 0 Å². The van der Waals surface area contributed by atoms with Crippen molar-refractivity contribution >= 4 is 23.5 Å². The molecule has 134 valence electrons. The van der Waals surface area contributed by atoms with E-state index in [1.807, 2.05) is 43.3 Å². The van der Waals surface area contributed by atoms with Crippen LogP contribution >= 0.6 is 0 Å². The smallest absolute Gasteiger partial charge is 0.432 e. The van der Waals surface area contributed by atoms with Gasteiger partial charge in [0.15, 0.2) is 0 Å². The van der Waals surface area contributed by atoms with Gasteiger partial charge in [0.1, 0.15) is 6.61 Å². The van der Waals surface area contributed by atoms with Crippen LogP contribution in [0.15, 0.2) is 54.6 Å². The number of hydrogen-bond donors (Lipinski definition) is 0. The van der Waals surface area contributed by atoms with Crippen molar-refractivity contribution in [1.82, 2.24) is 5.06 Å². The second-order valence-corrected chi connectivity index (χ2v) is 5.93. The Bertz CT molecular complexity index is 820. The monoisotopic (exact) mass is 353 g/mol. The maximum atomic E-state index is 11.9. The lowest BCUT2D eigenvalue weighted by molar-refractivity contribution is -0.177. The Morgan fingerprint density at radius 3 is 2.62 bits per heavy atom. The standard InChI is InChI=1S/C20H19NO5/c1-3-7-14-13(4-2)17(16-9-6-5-8-15(14)16)12-25-20(24)26-21-18(22)10-11-19(21)23/h3-9,17H,1,10-12H2,2H3/b13-4+,14-7?. The van der Waals surface area contributed by atoms with Gasteiger partial charge in [-0.15, -0.1) is 0 Å². The fourth-order valence-corrected chi connectivity index (χ4v) is 3.31. The maximum absolute atomic E-state index is 11.9. The summed E-state index contributed by atoms with van der Waals surface area (Å²) in [6, 6.07) is 7.87. The molecular formula is C20H19NO5. The van der Waals surface area contributed by atoms with Crippen molar-refractivity contribution in [3.05, 3.63) is 65.8 Å². The van der Waals surface area contributed by atoms with E-state index in [0.29, 0.717) is 5.06 Å². The Morgan fingerprint density at radius 1 is 1.27 bits per heavy atom. The van der Waals surface area contributed by atoms with Crippen LogP contribution in [0, 0.1) is 0 Å². The molecule has 1 aromatic rings. The third-order valence-corrected chi connectivity index (χ3v) is 4.45. The normalized spacial score (nSPS) is 22.0. The number of hydroxylamine groups is 2. The molecule has 1 aliphatic heterocycles. The average molecular weight is 353 g/mol. The molecular weight excluding hydrogens is 334 g/mol. The van der Waals surface area contributed by atoms with Crippen LogP contribution in [0.1, 0.15) is 36.8 Å². The highest BCUT2D eigenvalue weighted by molar-refractivity contribution is 6.01. The van der Waals surface area contributed by atoms with Crippen LogP contribution in [-0.4, -0.2) is 29.6 Å². The van der Waals surface area contributed by atoms with Gasteiger partial charge in [0.05, 0.1) is 0 Å². The van der Waals surface area contributed by atoms with Gasteiger partial charge >= 0.3 is 6.16 Å². The average Bonchev–Trinajstić information content (AvgIpc) is 3.12. The lowest BCUT2D eigenvalue weighted by atomic mass is 9.97. The zero-order valence-corrected chi connectivity index (χ0v) is 14.4. The molecule has 6 heteroatoms. The molecule has 1 saturated heterocycles. The summed E-state index contributed by atoms with van der Waals surface area (Å²) in [7, 11) is 0. The van der Waals surface area contributed by atoms with E-state index in [9.17, 15) is 14.4 Å². The molecule has 26 heavy (non-hydrogen) atoms. The van der Waals surface area contributed by atoms with E-state index < -0.39 is 18.0 Å². The first-order chi connectivity index (χ1) is 12.6. The summed E-state index contributed by atoms with van der Waals surface area (Å²) in [6.07, 6.45) is 4.64. The van der Waals surface area contributed by atoms with E-state index in [2.05, 4.69) is 6.58 Å². The summed E-state index contributed by atoms with van der Waals surface area (Å²) in [5.41, 5.74) is 4.15. The molecule has 1 aromatic carbocycles.